The standard InChI is InChI=1S/C16H20N2O8/c19-13(20)5-16(24,15(22)23)6-14(21)26-9-10-1-2-12(7-18-10)25-8-11-3-4-17-11/h1-2,7,11,17,24H,3-6,8-9H2,(H,19,20)(H,22,23)/t11-,16?/m0/s1. The van der Waals surface area contributed by atoms with Crippen LogP contribution in [-0.2, 0) is 25.7 Å². The van der Waals surface area contributed by atoms with Crippen LogP contribution in [0.1, 0.15) is 25.0 Å². The fourth-order valence-corrected chi connectivity index (χ4v) is 2.18. The van der Waals surface area contributed by atoms with Gasteiger partial charge in [-0.3, -0.25) is 14.6 Å². The molecule has 0 aliphatic carbocycles. The van der Waals surface area contributed by atoms with Gasteiger partial charge in [0.1, 0.15) is 19.0 Å². The SMILES string of the molecule is O=C(O)CC(O)(CC(=O)OCc1ccc(OC[C@@H]2CCN2)cn1)C(=O)O. The summed E-state index contributed by atoms with van der Waals surface area (Å²) >= 11 is 0. The van der Waals surface area contributed by atoms with Crippen molar-refractivity contribution >= 4 is 17.9 Å². The van der Waals surface area contributed by atoms with E-state index in [1.807, 2.05) is 0 Å². The molecule has 0 bridgehead atoms. The van der Waals surface area contributed by atoms with Crippen LogP contribution < -0.4 is 10.1 Å². The molecule has 1 fully saturated rings. The lowest BCUT2D eigenvalue weighted by molar-refractivity contribution is -0.172. The van der Waals surface area contributed by atoms with E-state index in [9.17, 15) is 19.5 Å². The number of pyridine rings is 1. The van der Waals surface area contributed by atoms with E-state index in [2.05, 4.69) is 10.3 Å². The summed E-state index contributed by atoms with van der Waals surface area (Å²) in [6.45, 7) is 1.28. The van der Waals surface area contributed by atoms with Gasteiger partial charge in [0, 0.05) is 6.04 Å². The van der Waals surface area contributed by atoms with Crippen molar-refractivity contribution in [2.75, 3.05) is 13.2 Å². The number of carboxylic acids is 2. The normalized spacial score (nSPS) is 18.3. The maximum atomic E-state index is 11.7. The number of rotatable bonds is 10. The Hall–Kier alpha value is -2.72. The number of carboxylic acid groups (broad SMARTS) is 2. The maximum Gasteiger partial charge on any atom is 0.336 e. The van der Waals surface area contributed by atoms with E-state index in [1.54, 1.807) is 12.1 Å². The first kappa shape index (κ1) is 19.6. The Balaban J connectivity index is 1.80. The van der Waals surface area contributed by atoms with Crippen LogP contribution in [0.3, 0.4) is 0 Å². The highest BCUT2D eigenvalue weighted by atomic mass is 16.5. The van der Waals surface area contributed by atoms with Gasteiger partial charge in [-0.1, -0.05) is 0 Å². The predicted molar refractivity (Wildman–Crippen MR) is 85.4 cm³/mol. The molecule has 0 aromatic carbocycles. The molecule has 26 heavy (non-hydrogen) atoms. The average Bonchev–Trinajstić information content (AvgIpc) is 2.51. The number of nitrogens with one attached hydrogen (secondary N) is 1. The molecule has 1 aliphatic rings. The van der Waals surface area contributed by atoms with Crippen LogP contribution in [0.25, 0.3) is 0 Å². The average molecular weight is 368 g/mol. The Morgan fingerprint density at radius 1 is 1.27 bits per heavy atom. The second kappa shape index (κ2) is 8.59. The molecule has 2 heterocycles. The van der Waals surface area contributed by atoms with Crippen molar-refractivity contribution in [2.24, 2.45) is 0 Å². The molecule has 4 N–H and O–H groups in total. The fourth-order valence-electron chi connectivity index (χ4n) is 2.18. The largest absolute Gasteiger partial charge is 0.490 e. The number of hydrogen-bond donors (Lipinski definition) is 4. The summed E-state index contributed by atoms with van der Waals surface area (Å²) in [6, 6.07) is 3.58. The zero-order chi connectivity index (χ0) is 19.2. The van der Waals surface area contributed by atoms with Crippen molar-refractivity contribution in [3.63, 3.8) is 0 Å². The molecule has 10 heteroatoms. The molecule has 0 amide bonds. The molecule has 0 radical (unpaired) electrons. The number of carbonyl (C=O) groups is 3. The number of nitrogens with zero attached hydrogens (tertiary/aromatic N) is 1. The van der Waals surface area contributed by atoms with E-state index in [-0.39, 0.29) is 6.61 Å². The molecule has 142 valence electrons. The van der Waals surface area contributed by atoms with Gasteiger partial charge in [0.15, 0.2) is 5.60 Å². The first-order valence-corrected chi connectivity index (χ1v) is 7.93. The van der Waals surface area contributed by atoms with E-state index in [1.165, 1.54) is 6.20 Å². The number of ether oxygens (including phenoxy) is 2. The van der Waals surface area contributed by atoms with Crippen molar-refractivity contribution in [1.29, 1.82) is 0 Å². The summed E-state index contributed by atoms with van der Waals surface area (Å²) in [5, 5.41) is 30.5. The molecule has 1 aromatic heterocycles. The topological polar surface area (TPSA) is 155 Å². The molecule has 1 unspecified atom stereocenters. The molecule has 1 aromatic rings. The highest BCUT2D eigenvalue weighted by Crippen LogP contribution is 2.18. The highest BCUT2D eigenvalue weighted by molar-refractivity contribution is 5.88. The van der Waals surface area contributed by atoms with Gasteiger partial charge >= 0.3 is 17.9 Å². The zero-order valence-electron chi connectivity index (χ0n) is 13.9. The van der Waals surface area contributed by atoms with Gasteiger partial charge in [-0.05, 0) is 25.1 Å². The highest BCUT2D eigenvalue weighted by Gasteiger charge is 2.41. The van der Waals surface area contributed by atoms with Gasteiger partial charge in [0.2, 0.25) is 0 Å². The second-order valence-corrected chi connectivity index (χ2v) is 5.98. The third-order valence-corrected chi connectivity index (χ3v) is 3.83. The van der Waals surface area contributed by atoms with E-state index >= 15 is 0 Å². The third kappa shape index (κ3) is 5.67. The summed E-state index contributed by atoms with van der Waals surface area (Å²) < 4.78 is 10.4. The minimum absolute atomic E-state index is 0.244. The van der Waals surface area contributed by atoms with Crippen LogP contribution in [0.5, 0.6) is 5.75 Å². The Morgan fingerprint density at radius 3 is 2.50 bits per heavy atom. The van der Waals surface area contributed by atoms with E-state index in [4.69, 9.17) is 19.7 Å². The maximum absolute atomic E-state index is 11.7. The van der Waals surface area contributed by atoms with Gasteiger partial charge in [0.25, 0.3) is 0 Å². The quantitative estimate of drug-likeness (QED) is 0.399. The molecular formula is C16H20N2O8. The van der Waals surface area contributed by atoms with Crippen molar-refractivity contribution in [1.82, 2.24) is 10.3 Å². The monoisotopic (exact) mass is 368 g/mol. The molecule has 10 nitrogen and oxygen atoms in total. The second-order valence-electron chi connectivity index (χ2n) is 5.98. The van der Waals surface area contributed by atoms with Gasteiger partial charge < -0.3 is 30.1 Å². The molecule has 0 spiro atoms. The van der Waals surface area contributed by atoms with Crippen molar-refractivity contribution < 1.29 is 39.2 Å². The number of esters is 1. The number of aliphatic hydroxyl groups is 1. The molecule has 2 rings (SSSR count). The first-order chi connectivity index (χ1) is 12.3. The van der Waals surface area contributed by atoms with Crippen LogP contribution in [0, 0.1) is 0 Å². The van der Waals surface area contributed by atoms with E-state index < -0.39 is 36.4 Å². The Bertz CT molecular complexity index is 659. The number of aromatic nitrogens is 1. The van der Waals surface area contributed by atoms with Crippen LogP contribution in [0.15, 0.2) is 18.3 Å². The minimum Gasteiger partial charge on any atom is -0.490 e. The number of aliphatic carboxylic acids is 2. The van der Waals surface area contributed by atoms with Crippen LogP contribution >= 0.6 is 0 Å². The van der Waals surface area contributed by atoms with Gasteiger partial charge in [-0.15, -0.1) is 0 Å². The Labute approximate surface area is 148 Å². The molecule has 0 saturated carbocycles. The smallest absolute Gasteiger partial charge is 0.336 e. The zero-order valence-corrected chi connectivity index (χ0v) is 13.9. The summed E-state index contributed by atoms with van der Waals surface area (Å²) in [5.41, 5.74) is -2.33. The number of carbonyl (C=O) groups excluding carboxylic acids is 1. The van der Waals surface area contributed by atoms with Crippen LogP contribution in [-0.4, -0.2) is 63.0 Å². The van der Waals surface area contributed by atoms with Crippen LogP contribution in [0.4, 0.5) is 0 Å². The third-order valence-electron chi connectivity index (χ3n) is 3.83. The molecule has 2 atom stereocenters. The lowest BCUT2D eigenvalue weighted by atomic mass is 9.96. The van der Waals surface area contributed by atoms with Gasteiger partial charge in [-0.2, -0.15) is 0 Å². The van der Waals surface area contributed by atoms with Crippen LogP contribution in [0.2, 0.25) is 0 Å². The summed E-state index contributed by atoms with van der Waals surface area (Å²) in [5.74, 6) is -3.83. The lowest BCUT2D eigenvalue weighted by Gasteiger charge is -2.27. The van der Waals surface area contributed by atoms with Gasteiger partial charge in [0.05, 0.1) is 24.7 Å². The lowest BCUT2D eigenvalue weighted by Crippen LogP contribution is -2.46. The summed E-state index contributed by atoms with van der Waals surface area (Å²) in [7, 11) is 0. The van der Waals surface area contributed by atoms with Gasteiger partial charge in [-0.25, -0.2) is 4.79 Å². The van der Waals surface area contributed by atoms with Crippen molar-refractivity contribution in [2.45, 2.75) is 37.5 Å². The predicted octanol–water partition coefficient (Wildman–Crippen LogP) is -0.454. The van der Waals surface area contributed by atoms with Crippen molar-refractivity contribution in [3.05, 3.63) is 24.0 Å². The number of hydrogen-bond acceptors (Lipinski definition) is 8. The van der Waals surface area contributed by atoms with E-state index in [0.717, 1.165) is 13.0 Å². The summed E-state index contributed by atoms with van der Waals surface area (Å²) in [4.78, 5) is 37.4. The Morgan fingerprint density at radius 2 is 2.00 bits per heavy atom. The molecular weight excluding hydrogens is 348 g/mol. The van der Waals surface area contributed by atoms with Crippen molar-refractivity contribution in [3.8, 4) is 5.75 Å². The van der Waals surface area contributed by atoms with E-state index in [0.29, 0.717) is 24.1 Å². The first-order valence-electron chi connectivity index (χ1n) is 7.93. The Kier molecular flexibility index (Phi) is 6.47. The molecule has 1 saturated heterocycles. The fraction of sp³-hybridized carbons (Fsp3) is 0.500. The molecule has 1 aliphatic heterocycles. The minimum atomic E-state index is -2.72. The summed E-state index contributed by atoms with van der Waals surface area (Å²) in [6.07, 6.45) is 0.438.